The summed E-state index contributed by atoms with van der Waals surface area (Å²) in [4.78, 5) is 14.4. The van der Waals surface area contributed by atoms with E-state index in [1.165, 1.54) is 31.4 Å². The maximum absolute atomic E-state index is 12.3. The Hall–Kier alpha value is -0.220. The highest BCUT2D eigenvalue weighted by atomic mass is 32.2. The fraction of sp³-hybridized carbons (Fsp3) is 0.923. The third-order valence-corrected chi connectivity index (χ3v) is 4.98. The summed E-state index contributed by atoms with van der Waals surface area (Å²) < 4.78 is 0. The first-order valence-corrected chi connectivity index (χ1v) is 8.07. The molecule has 1 saturated carbocycles. The van der Waals surface area contributed by atoms with Crippen LogP contribution in [0.4, 0.5) is 0 Å². The van der Waals surface area contributed by atoms with E-state index in [1.807, 2.05) is 11.8 Å². The molecule has 4 heteroatoms. The zero-order valence-electron chi connectivity index (χ0n) is 10.8. The molecule has 3 nitrogen and oxygen atoms in total. The molecular weight excluding hydrogens is 232 g/mol. The maximum Gasteiger partial charge on any atom is 0.224 e. The van der Waals surface area contributed by atoms with Crippen molar-refractivity contribution < 1.29 is 4.79 Å². The smallest absolute Gasteiger partial charge is 0.224 e. The van der Waals surface area contributed by atoms with Crippen LogP contribution in [0.15, 0.2) is 0 Å². The summed E-state index contributed by atoms with van der Waals surface area (Å²) in [7, 11) is 0. The highest BCUT2D eigenvalue weighted by Gasteiger charge is 2.27. The van der Waals surface area contributed by atoms with Crippen molar-refractivity contribution in [3.05, 3.63) is 0 Å². The second-order valence-corrected chi connectivity index (χ2v) is 6.20. The van der Waals surface area contributed by atoms with Gasteiger partial charge in [0, 0.05) is 43.1 Å². The minimum atomic E-state index is 0.361. The summed E-state index contributed by atoms with van der Waals surface area (Å²) in [6.07, 6.45) is 5.72. The zero-order valence-corrected chi connectivity index (χ0v) is 11.6. The number of thioether (sulfide) groups is 1. The molecule has 1 atom stereocenters. The van der Waals surface area contributed by atoms with E-state index in [4.69, 9.17) is 0 Å². The molecule has 0 spiro atoms. The van der Waals surface area contributed by atoms with Gasteiger partial charge in [-0.2, -0.15) is 11.8 Å². The lowest BCUT2D eigenvalue weighted by molar-refractivity contribution is -0.133. The van der Waals surface area contributed by atoms with E-state index in [-0.39, 0.29) is 0 Å². The van der Waals surface area contributed by atoms with E-state index in [1.54, 1.807) is 0 Å². The van der Waals surface area contributed by atoms with E-state index in [0.717, 1.165) is 18.8 Å². The van der Waals surface area contributed by atoms with Gasteiger partial charge in [-0.3, -0.25) is 4.79 Å². The number of nitrogens with one attached hydrogen (secondary N) is 1. The summed E-state index contributed by atoms with van der Waals surface area (Å²) in [5, 5.41) is 3.45. The average molecular weight is 256 g/mol. The van der Waals surface area contributed by atoms with Gasteiger partial charge in [0.2, 0.25) is 5.91 Å². The Kier molecular flexibility index (Phi) is 5.16. The van der Waals surface area contributed by atoms with Crippen LogP contribution in [-0.4, -0.2) is 47.5 Å². The summed E-state index contributed by atoms with van der Waals surface area (Å²) in [6.45, 7) is 4.04. The van der Waals surface area contributed by atoms with Gasteiger partial charge in [-0.1, -0.05) is 12.8 Å². The predicted molar refractivity (Wildman–Crippen MR) is 73.4 cm³/mol. The van der Waals surface area contributed by atoms with E-state index >= 15 is 0 Å². The SMILES string of the molecule is CCN(C(=O)CC1CSCCN1)C1CCCC1. The standard InChI is InChI=1S/C13H24N2OS/c1-2-15(12-5-3-4-6-12)13(16)9-11-10-17-8-7-14-11/h11-12,14H,2-10H2,1H3. The Bertz CT molecular complexity index is 248. The van der Waals surface area contributed by atoms with Crippen LogP contribution in [-0.2, 0) is 4.79 Å². The minimum absolute atomic E-state index is 0.361. The third kappa shape index (κ3) is 3.62. The van der Waals surface area contributed by atoms with Crippen LogP contribution in [0.2, 0.25) is 0 Å². The highest BCUT2D eigenvalue weighted by Crippen LogP contribution is 2.24. The first-order valence-electron chi connectivity index (χ1n) is 6.92. The molecule has 0 aromatic rings. The Labute approximate surface area is 109 Å². The lowest BCUT2D eigenvalue weighted by atomic mass is 10.1. The average Bonchev–Trinajstić information content (AvgIpc) is 2.85. The van der Waals surface area contributed by atoms with Crippen molar-refractivity contribution in [2.45, 2.75) is 51.1 Å². The Morgan fingerprint density at radius 3 is 2.76 bits per heavy atom. The molecule has 17 heavy (non-hydrogen) atoms. The molecule has 2 fully saturated rings. The van der Waals surface area contributed by atoms with Crippen LogP contribution in [0.5, 0.6) is 0 Å². The topological polar surface area (TPSA) is 32.3 Å². The van der Waals surface area contributed by atoms with Gasteiger partial charge < -0.3 is 10.2 Å². The molecule has 1 amide bonds. The third-order valence-electron chi connectivity index (χ3n) is 3.85. The number of carbonyl (C=O) groups excluding carboxylic acids is 1. The Balaban J connectivity index is 1.83. The van der Waals surface area contributed by atoms with Crippen LogP contribution < -0.4 is 5.32 Å². The molecule has 1 aliphatic carbocycles. The summed E-state index contributed by atoms with van der Waals surface area (Å²) >= 11 is 1.96. The summed E-state index contributed by atoms with van der Waals surface area (Å²) in [5.74, 6) is 2.64. The maximum atomic E-state index is 12.3. The monoisotopic (exact) mass is 256 g/mol. The van der Waals surface area contributed by atoms with E-state index in [0.29, 0.717) is 24.4 Å². The summed E-state index contributed by atoms with van der Waals surface area (Å²) in [5.41, 5.74) is 0. The van der Waals surface area contributed by atoms with Gasteiger partial charge in [0.25, 0.3) is 0 Å². The molecule has 1 saturated heterocycles. The molecule has 1 heterocycles. The van der Waals surface area contributed by atoms with Crippen molar-refractivity contribution in [1.29, 1.82) is 0 Å². The quantitative estimate of drug-likeness (QED) is 0.833. The molecule has 0 radical (unpaired) electrons. The first-order chi connectivity index (χ1) is 8.31. The van der Waals surface area contributed by atoms with Gasteiger partial charge in [-0.05, 0) is 19.8 Å². The molecule has 1 N–H and O–H groups in total. The molecule has 1 aliphatic heterocycles. The number of carbonyl (C=O) groups is 1. The number of nitrogens with zero attached hydrogens (tertiary/aromatic N) is 1. The Morgan fingerprint density at radius 1 is 1.41 bits per heavy atom. The van der Waals surface area contributed by atoms with E-state index in [2.05, 4.69) is 17.1 Å². The molecular formula is C13H24N2OS. The number of hydrogen-bond donors (Lipinski definition) is 1. The normalized spacial score (nSPS) is 26.1. The fourth-order valence-corrected chi connectivity index (χ4v) is 3.88. The van der Waals surface area contributed by atoms with E-state index < -0.39 is 0 Å². The fourth-order valence-electron chi connectivity index (χ4n) is 2.93. The lowest BCUT2D eigenvalue weighted by Crippen LogP contribution is -2.45. The van der Waals surface area contributed by atoms with Crippen molar-refractivity contribution in [2.24, 2.45) is 0 Å². The first kappa shape index (κ1) is 13.2. The van der Waals surface area contributed by atoms with Crippen LogP contribution in [0.3, 0.4) is 0 Å². The van der Waals surface area contributed by atoms with Gasteiger partial charge in [0.15, 0.2) is 0 Å². The van der Waals surface area contributed by atoms with Crippen LogP contribution in [0.1, 0.15) is 39.0 Å². The highest BCUT2D eigenvalue weighted by molar-refractivity contribution is 7.99. The zero-order chi connectivity index (χ0) is 12.1. The van der Waals surface area contributed by atoms with Crippen molar-refractivity contribution >= 4 is 17.7 Å². The lowest BCUT2D eigenvalue weighted by Gasteiger charge is -2.30. The van der Waals surface area contributed by atoms with Crippen molar-refractivity contribution in [3.63, 3.8) is 0 Å². The number of amides is 1. The number of rotatable bonds is 4. The molecule has 0 bridgehead atoms. The van der Waals surface area contributed by atoms with Crippen molar-refractivity contribution in [2.75, 3.05) is 24.6 Å². The van der Waals surface area contributed by atoms with Gasteiger partial charge in [0.05, 0.1) is 0 Å². The van der Waals surface area contributed by atoms with Crippen LogP contribution in [0.25, 0.3) is 0 Å². The molecule has 98 valence electrons. The number of hydrogen-bond acceptors (Lipinski definition) is 3. The Morgan fingerprint density at radius 2 is 2.18 bits per heavy atom. The minimum Gasteiger partial charge on any atom is -0.340 e. The summed E-state index contributed by atoms with van der Waals surface area (Å²) in [6, 6.07) is 0.931. The second-order valence-electron chi connectivity index (χ2n) is 5.05. The van der Waals surface area contributed by atoms with Gasteiger partial charge in [0.1, 0.15) is 0 Å². The molecule has 2 rings (SSSR count). The van der Waals surface area contributed by atoms with Crippen molar-refractivity contribution in [1.82, 2.24) is 10.2 Å². The molecule has 1 unspecified atom stereocenters. The molecule has 0 aromatic heterocycles. The van der Waals surface area contributed by atoms with Gasteiger partial charge in [-0.15, -0.1) is 0 Å². The largest absolute Gasteiger partial charge is 0.340 e. The van der Waals surface area contributed by atoms with E-state index in [9.17, 15) is 4.79 Å². The molecule has 0 aromatic carbocycles. The van der Waals surface area contributed by atoms with Crippen LogP contribution >= 0.6 is 11.8 Å². The second kappa shape index (κ2) is 6.64. The van der Waals surface area contributed by atoms with Crippen LogP contribution in [0, 0.1) is 0 Å². The van der Waals surface area contributed by atoms with Gasteiger partial charge >= 0.3 is 0 Å². The molecule has 2 aliphatic rings. The van der Waals surface area contributed by atoms with Gasteiger partial charge in [-0.25, -0.2) is 0 Å². The predicted octanol–water partition coefficient (Wildman–Crippen LogP) is 1.87. The van der Waals surface area contributed by atoms with Crippen molar-refractivity contribution in [3.8, 4) is 0 Å².